The highest BCUT2D eigenvalue weighted by atomic mass is 19.1. The maximum Gasteiger partial charge on any atom is 0.141 e. The number of ether oxygens (including phenoxy) is 1. The van der Waals surface area contributed by atoms with Gasteiger partial charge in [0.15, 0.2) is 0 Å². The number of halogens is 1. The van der Waals surface area contributed by atoms with Crippen LogP contribution in [0.15, 0.2) is 18.3 Å². The number of hydrogen-bond acceptors (Lipinski definition) is 3. The summed E-state index contributed by atoms with van der Waals surface area (Å²) in [6, 6.07) is 3.78. The van der Waals surface area contributed by atoms with Gasteiger partial charge in [0.05, 0.1) is 18.5 Å². The van der Waals surface area contributed by atoms with Gasteiger partial charge < -0.3 is 10.1 Å². The number of nitrogens with one attached hydrogen (secondary N) is 1. The van der Waals surface area contributed by atoms with Crippen molar-refractivity contribution >= 4 is 0 Å². The molecule has 2 unspecified atom stereocenters. The molecular weight excluding hydrogens is 219 g/mol. The second-order valence-corrected chi connectivity index (χ2v) is 4.44. The van der Waals surface area contributed by atoms with Gasteiger partial charge in [0, 0.05) is 18.7 Å². The minimum Gasteiger partial charge on any atom is -0.380 e. The lowest BCUT2D eigenvalue weighted by atomic mass is 10.1. The first-order valence-electron chi connectivity index (χ1n) is 6.25. The Balaban J connectivity index is 1.97. The SMILES string of the molecule is CCC(NC1CCCOC1)c1ccc(F)cn1. The van der Waals surface area contributed by atoms with Crippen molar-refractivity contribution < 1.29 is 9.13 Å². The lowest BCUT2D eigenvalue weighted by Crippen LogP contribution is -2.39. The second-order valence-electron chi connectivity index (χ2n) is 4.44. The molecule has 1 aromatic heterocycles. The van der Waals surface area contributed by atoms with Crippen LogP contribution in [0.1, 0.15) is 37.9 Å². The number of hydrogen-bond donors (Lipinski definition) is 1. The van der Waals surface area contributed by atoms with Crippen molar-refractivity contribution in [1.82, 2.24) is 10.3 Å². The van der Waals surface area contributed by atoms with Crippen LogP contribution < -0.4 is 5.32 Å². The van der Waals surface area contributed by atoms with E-state index in [1.807, 2.05) is 0 Å². The van der Waals surface area contributed by atoms with Gasteiger partial charge in [-0.15, -0.1) is 0 Å². The molecule has 17 heavy (non-hydrogen) atoms. The second kappa shape index (κ2) is 6.07. The third kappa shape index (κ3) is 3.48. The van der Waals surface area contributed by atoms with E-state index in [0.29, 0.717) is 6.04 Å². The van der Waals surface area contributed by atoms with E-state index in [9.17, 15) is 4.39 Å². The van der Waals surface area contributed by atoms with Crippen LogP contribution in [-0.4, -0.2) is 24.2 Å². The van der Waals surface area contributed by atoms with E-state index < -0.39 is 0 Å². The molecule has 2 atom stereocenters. The average molecular weight is 238 g/mol. The molecule has 0 amide bonds. The molecule has 0 bridgehead atoms. The highest BCUT2D eigenvalue weighted by Gasteiger charge is 2.19. The molecule has 1 aliphatic rings. The number of pyridine rings is 1. The summed E-state index contributed by atoms with van der Waals surface area (Å²) < 4.78 is 18.2. The fraction of sp³-hybridized carbons (Fsp3) is 0.615. The zero-order valence-corrected chi connectivity index (χ0v) is 10.2. The Bertz CT molecular complexity index is 336. The van der Waals surface area contributed by atoms with Gasteiger partial charge in [-0.25, -0.2) is 4.39 Å². The van der Waals surface area contributed by atoms with Crippen molar-refractivity contribution in [2.45, 2.75) is 38.3 Å². The van der Waals surface area contributed by atoms with E-state index in [2.05, 4.69) is 17.2 Å². The van der Waals surface area contributed by atoms with Crippen LogP contribution in [-0.2, 0) is 4.74 Å². The van der Waals surface area contributed by atoms with Crippen LogP contribution in [0, 0.1) is 5.82 Å². The fourth-order valence-electron chi connectivity index (χ4n) is 2.16. The average Bonchev–Trinajstić information content (AvgIpc) is 2.38. The van der Waals surface area contributed by atoms with Crippen molar-refractivity contribution in [2.24, 2.45) is 0 Å². The highest BCUT2D eigenvalue weighted by molar-refractivity contribution is 5.10. The highest BCUT2D eigenvalue weighted by Crippen LogP contribution is 2.17. The molecule has 1 fully saturated rings. The lowest BCUT2D eigenvalue weighted by molar-refractivity contribution is 0.0659. The van der Waals surface area contributed by atoms with E-state index in [-0.39, 0.29) is 11.9 Å². The number of aromatic nitrogens is 1. The topological polar surface area (TPSA) is 34.1 Å². The van der Waals surface area contributed by atoms with Crippen molar-refractivity contribution in [3.05, 3.63) is 29.8 Å². The normalized spacial score (nSPS) is 22.4. The third-order valence-electron chi connectivity index (χ3n) is 3.11. The summed E-state index contributed by atoms with van der Waals surface area (Å²) in [4.78, 5) is 4.14. The van der Waals surface area contributed by atoms with E-state index in [4.69, 9.17) is 4.74 Å². The van der Waals surface area contributed by atoms with Gasteiger partial charge >= 0.3 is 0 Å². The van der Waals surface area contributed by atoms with Crippen LogP contribution in [0.25, 0.3) is 0 Å². The molecular formula is C13H19FN2O. The van der Waals surface area contributed by atoms with Crippen molar-refractivity contribution in [1.29, 1.82) is 0 Å². The third-order valence-corrected chi connectivity index (χ3v) is 3.11. The largest absolute Gasteiger partial charge is 0.380 e. The Morgan fingerprint density at radius 3 is 3.06 bits per heavy atom. The van der Waals surface area contributed by atoms with Crippen LogP contribution in [0.3, 0.4) is 0 Å². The first-order valence-corrected chi connectivity index (χ1v) is 6.25. The number of rotatable bonds is 4. The minimum absolute atomic E-state index is 0.183. The Morgan fingerprint density at radius 2 is 2.47 bits per heavy atom. The molecule has 2 rings (SSSR count). The maximum absolute atomic E-state index is 12.8. The summed E-state index contributed by atoms with van der Waals surface area (Å²) in [5, 5.41) is 3.53. The van der Waals surface area contributed by atoms with E-state index in [0.717, 1.165) is 38.2 Å². The minimum atomic E-state index is -0.287. The van der Waals surface area contributed by atoms with Gasteiger partial charge in [0.2, 0.25) is 0 Å². The van der Waals surface area contributed by atoms with Gasteiger partial charge in [-0.1, -0.05) is 6.92 Å². The summed E-state index contributed by atoms with van der Waals surface area (Å²) in [6.45, 7) is 3.73. The Hall–Kier alpha value is -1.00. The van der Waals surface area contributed by atoms with Crippen LogP contribution in [0.4, 0.5) is 4.39 Å². The molecule has 1 aromatic rings. The molecule has 0 radical (unpaired) electrons. The molecule has 1 N–H and O–H groups in total. The maximum atomic E-state index is 12.8. The van der Waals surface area contributed by atoms with Gasteiger partial charge in [0.25, 0.3) is 0 Å². The van der Waals surface area contributed by atoms with E-state index in [1.165, 1.54) is 12.3 Å². The molecule has 0 spiro atoms. The molecule has 0 aliphatic carbocycles. The van der Waals surface area contributed by atoms with E-state index in [1.54, 1.807) is 6.07 Å². The number of nitrogens with zero attached hydrogens (tertiary/aromatic N) is 1. The predicted octanol–water partition coefficient (Wildman–Crippen LogP) is 2.44. The van der Waals surface area contributed by atoms with Crippen LogP contribution in [0.5, 0.6) is 0 Å². The summed E-state index contributed by atoms with van der Waals surface area (Å²) in [6.07, 6.45) is 4.45. The summed E-state index contributed by atoms with van der Waals surface area (Å²) in [7, 11) is 0. The standard InChI is InChI=1S/C13H19FN2O/c1-2-12(13-6-5-10(14)8-15-13)16-11-4-3-7-17-9-11/h5-6,8,11-12,16H,2-4,7,9H2,1H3. The quantitative estimate of drug-likeness (QED) is 0.874. The van der Waals surface area contributed by atoms with Crippen molar-refractivity contribution in [2.75, 3.05) is 13.2 Å². The van der Waals surface area contributed by atoms with Gasteiger partial charge in [-0.2, -0.15) is 0 Å². The fourth-order valence-corrected chi connectivity index (χ4v) is 2.16. The predicted molar refractivity (Wildman–Crippen MR) is 64.2 cm³/mol. The van der Waals surface area contributed by atoms with Crippen molar-refractivity contribution in [3.8, 4) is 0 Å². The summed E-state index contributed by atoms with van der Waals surface area (Å²) in [5.74, 6) is -0.287. The zero-order chi connectivity index (χ0) is 12.1. The van der Waals surface area contributed by atoms with Crippen molar-refractivity contribution in [3.63, 3.8) is 0 Å². The molecule has 2 heterocycles. The summed E-state index contributed by atoms with van der Waals surface area (Å²) >= 11 is 0. The Labute approximate surface area is 101 Å². The van der Waals surface area contributed by atoms with Crippen LogP contribution in [0.2, 0.25) is 0 Å². The molecule has 3 nitrogen and oxygen atoms in total. The first kappa shape index (κ1) is 12.5. The van der Waals surface area contributed by atoms with E-state index >= 15 is 0 Å². The van der Waals surface area contributed by atoms with Crippen LogP contribution >= 0.6 is 0 Å². The monoisotopic (exact) mass is 238 g/mol. The Morgan fingerprint density at radius 1 is 1.59 bits per heavy atom. The lowest BCUT2D eigenvalue weighted by Gasteiger charge is -2.27. The first-order chi connectivity index (χ1) is 8.29. The smallest absolute Gasteiger partial charge is 0.141 e. The molecule has 94 valence electrons. The molecule has 1 saturated heterocycles. The molecule has 0 aromatic carbocycles. The Kier molecular flexibility index (Phi) is 4.45. The summed E-state index contributed by atoms with van der Waals surface area (Å²) in [5.41, 5.74) is 0.902. The van der Waals surface area contributed by atoms with Gasteiger partial charge in [0.1, 0.15) is 5.82 Å². The van der Waals surface area contributed by atoms with Gasteiger partial charge in [-0.05, 0) is 31.4 Å². The zero-order valence-electron chi connectivity index (χ0n) is 10.2. The molecule has 4 heteroatoms. The van der Waals surface area contributed by atoms with Gasteiger partial charge in [-0.3, -0.25) is 4.98 Å². The molecule has 1 aliphatic heterocycles. The molecule has 0 saturated carbocycles.